The average Bonchev–Trinajstić information content (AvgIpc) is 2.93. The molecule has 0 saturated heterocycles. The third kappa shape index (κ3) is 4.25. The van der Waals surface area contributed by atoms with Crippen molar-refractivity contribution in [3.05, 3.63) is 35.2 Å². The van der Waals surface area contributed by atoms with Gasteiger partial charge in [-0.25, -0.2) is 4.79 Å². The van der Waals surface area contributed by atoms with Crippen molar-refractivity contribution in [2.75, 3.05) is 5.32 Å². The quantitative estimate of drug-likeness (QED) is 0.832. The van der Waals surface area contributed by atoms with Gasteiger partial charge in [0.25, 0.3) is 0 Å². The SMILES string of the molecule is CCC(=O)Nc1ccc(-c2ccsc2OC(F)(F)F)cc1C(=O)O. The number of thiophene rings is 1. The van der Waals surface area contributed by atoms with E-state index in [9.17, 15) is 27.9 Å². The molecular formula is C15H12F3NO4S. The fourth-order valence-corrected chi connectivity index (χ4v) is 2.71. The van der Waals surface area contributed by atoms with Gasteiger partial charge in [0.15, 0.2) is 5.06 Å². The number of benzene rings is 1. The fourth-order valence-electron chi connectivity index (χ4n) is 1.93. The Kier molecular flexibility index (Phi) is 5.13. The van der Waals surface area contributed by atoms with E-state index < -0.39 is 12.3 Å². The van der Waals surface area contributed by atoms with E-state index in [-0.39, 0.29) is 39.8 Å². The molecule has 2 N–H and O–H groups in total. The molecule has 2 rings (SSSR count). The van der Waals surface area contributed by atoms with Crippen LogP contribution in [0.15, 0.2) is 29.6 Å². The number of rotatable bonds is 5. The van der Waals surface area contributed by atoms with E-state index in [0.29, 0.717) is 0 Å². The van der Waals surface area contributed by atoms with Gasteiger partial charge >= 0.3 is 12.3 Å². The Bertz CT molecular complexity index is 770. The van der Waals surface area contributed by atoms with Crippen molar-refractivity contribution in [3.8, 4) is 16.2 Å². The topological polar surface area (TPSA) is 75.6 Å². The van der Waals surface area contributed by atoms with Crippen LogP contribution in [0.1, 0.15) is 23.7 Å². The number of anilines is 1. The smallest absolute Gasteiger partial charge is 0.478 e. The normalized spacial score (nSPS) is 11.2. The maximum absolute atomic E-state index is 12.4. The maximum Gasteiger partial charge on any atom is 0.573 e. The Morgan fingerprint density at radius 3 is 2.58 bits per heavy atom. The summed E-state index contributed by atoms with van der Waals surface area (Å²) in [6.45, 7) is 1.61. The molecule has 2 aromatic rings. The van der Waals surface area contributed by atoms with Crippen LogP contribution in [0.5, 0.6) is 5.06 Å². The van der Waals surface area contributed by atoms with Crippen LogP contribution in [0.3, 0.4) is 0 Å². The molecule has 1 aromatic heterocycles. The van der Waals surface area contributed by atoms with Crippen molar-refractivity contribution in [1.29, 1.82) is 0 Å². The van der Waals surface area contributed by atoms with Gasteiger partial charge in [-0.05, 0) is 29.1 Å². The van der Waals surface area contributed by atoms with E-state index in [1.807, 2.05) is 0 Å². The number of hydrogen-bond acceptors (Lipinski definition) is 4. The van der Waals surface area contributed by atoms with E-state index in [1.165, 1.54) is 29.6 Å². The van der Waals surface area contributed by atoms with E-state index in [1.54, 1.807) is 6.92 Å². The molecule has 0 spiro atoms. The summed E-state index contributed by atoms with van der Waals surface area (Å²) in [7, 11) is 0. The van der Waals surface area contributed by atoms with Gasteiger partial charge < -0.3 is 15.2 Å². The monoisotopic (exact) mass is 359 g/mol. The third-order valence-corrected chi connectivity index (χ3v) is 3.78. The number of alkyl halides is 3. The summed E-state index contributed by atoms with van der Waals surface area (Å²) < 4.78 is 41.2. The minimum atomic E-state index is -4.84. The summed E-state index contributed by atoms with van der Waals surface area (Å²) in [6.07, 6.45) is -4.68. The first-order chi connectivity index (χ1) is 11.2. The first kappa shape index (κ1) is 17.8. The van der Waals surface area contributed by atoms with Gasteiger partial charge in [0.1, 0.15) is 0 Å². The molecule has 0 fully saturated rings. The van der Waals surface area contributed by atoms with Crippen LogP contribution in [-0.4, -0.2) is 23.3 Å². The minimum Gasteiger partial charge on any atom is -0.478 e. The number of carboxylic acids is 1. The first-order valence-electron chi connectivity index (χ1n) is 6.72. The summed E-state index contributed by atoms with van der Waals surface area (Å²) in [6, 6.07) is 5.35. The van der Waals surface area contributed by atoms with Gasteiger partial charge in [-0.3, -0.25) is 4.79 Å². The van der Waals surface area contributed by atoms with Crippen LogP contribution in [0.25, 0.3) is 11.1 Å². The van der Waals surface area contributed by atoms with Crippen LogP contribution >= 0.6 is 11.3 Å². The number of nitrogens with one attached hydrogen (secondary N) is 1. The predicted molar refractivity (Wildman–Crippen MR) is 82.3 cm³/mol. The number of carbonyl (C=O) groups excluding carboxylic acids is 1. The number of amides is 1. The summed E-state index contributed by atoms with van der Waals surface area (Å²) in [5, 5.41) is 12.7. The van der Waals surface area contributed by atoms with Gasteiger partial charge in [0.05, 0.1) is 11.3 Å². The molecule has 0 aliphatic heterocycles. The van der Waals surface area contributed by atoms with Gasteiger partial charge in [-0.2, -0.15) is 0 Å². The lowest BCUT2D eigenvalue weighted by atomic mass is 10.0. The zero-order valence-electron chi connectivity index (χ0n) is 12.3. The van der Waals surface area contributed by atoms with Crippen molar-refractivity contribution in [1.82, 2.24) is 0 Å². The highest BCUT2D eigenvalue weighted by molar-refractivity contribution is 7.12. The number of ether oxygens (including phenoxy) is 1. The van der Waals surface area contributed by atoms with Crippen LogP contribution in [0, 0.1) is 0 Å². The van der Waals surface area contributed by atoms with E-state index in [4.69, 9.17) is 0 Å². The number of aromatic carboxylic acids is 1. The molecule has 1 amide bonds. The van der Waals surface area contributed by atoms with Crippen LogP contribution in [-0.2, 0) is 4.79 Å². The standard InChI is InChI=1S/C15H12F3NO4S/c1-2-12(20)19-11-4-3-8(7-10(11)13(21)22)9-5-6-24-14(9)23-15(16,17)18/h3-7H,2H2,1H3,(H,19,20)(H,21,22). The lowest BCUT2D eigenvalue weighted by molar-refractivity contribution is -0.273. The van der Waals surface area contributed by atoms with Crippen molar-refractivity contribution < 1.29 is 32.6 Å². The Hall–Kier alpha value is -2.55. The molecule has 0 aliphatic rings. The second-order valence-corrected chi connectivity index (χ2v) is 5.52. The number of carbonyl (C=O) groups is 2. The second kappa shape index (κ2) is 6.91. The Labute approximate surface area is 138 Å². The van der Waals surface area contributed by atoms with Crippen molar-refractivity contribution in [2.24, 2.45) is 0 Å². The maximum atomic E-state index is 12.4. The number of carboxylic acid groups (broad SMARTS) is 1. The molecule has 1 aromatic carbocycles. The molecule has 0 bridgehead atoms. The third-order valence-electron chi connectivity index (χ3n) is 2.99. The van der Waals surface area contributed by atoms with Crippen LogP contribution < -0.4 is 10.1 Å². The molecule has 0 atom stereocenters. The van der Waals surface area contributed by atoms with E-state index >= 15 is 0 Å². The number of halogens is 3. The summed E-state index contributed by atoms with van der Waals surface area (Å²) in [5.74, 6) is -1.68. The molecule has 9 heteroatoms. The van der Waals surface area contributed by atoms with Crippen molar-refractivity contribution in [3.63, 3.8) is 0 Å². The van der Waals surface area contributed by atoms with E-state index in [0.717, 1.165) is 11.3 Å². The predicted octanol–water partition coefficient (Wildman–Crippen LogP) is 4.36. The van der Waals surface area contributed by atoms with Gasteiger partial charge in [-0.15, -0.1) is 24.5 Å². The Morgan fingerprint density at radius 2 is 2.00 bits per heavy atom. The van der Waals surface area contributed by atoms with Gasteiger partial charge in [-0.1, -0.05) is 13.0 Å². The molecule has 0 saturated carbocycles. The lowest BCUT2D eigenvalue weighted by Gasteiger charge is -2.12. The molecule has 0 unspecified atom stereocenters. The zero-order chi connectivity index (χ0) is 17.9. The summed E-state index contributed by atoms with van der Waals surface area (Å²) >= 11 is 0.745. The van der Waals surface area contributed by atoms with Crippen LogP contribution in [0.4, 0.5) is 18.9 Å². The van der Waals surface area contributed by atoms with E-state index in [2.05, 4.69) is 10.1 Å². The molecule has 1 heterocycles. The highest BCUT2D eigenvalue weighted by Crippen LogP contribution is 2.39. The van der Waals surface area contributed by atoms with Crippen molar-refractivity contribution >= 4 is 28.9 Å². The lowest BCUT2D eigenvalue weighted by Crippen LogP contribution is -2.16. The summed E-state index contributed by atoms with van der Waals surface area (Å²) in [5.41, 5.74) is 0.209. The number of hydrogen-bond donors (Lipinski definition) is 2. The molecule has 0 radical (unpaired) electrons. The summed E-state index contributed by atoms with van der Waals surface area (Å²) in [4.78, 5) is 22.8. The molecular weight excluding hydrogens is 347 g/mol. The molecule has 24 heavy (non-hydrogen) atoms. The Balaban J connectivity index is 2.43. The Morgan fingerprint density at radius 1 is 1.29 bits per heavy atom. The minimum absolute atomic E-state index is 0.0756. The second-order valence-electron chi connectivity index (χ2n) is 4.64. The molecule has 0 aliphatic carbocycles. The van der Waals surface area contributed by atoms with Crippen LogP contribution in [0.2, 0.25) is 0 Å². The average molecular weight is 359 g/mol. The largest absolute Gasteiger partial charge is 0.573 e. The molecule has 5 nitrogen and oxygen atoms in total. The van der Waals surface area contributed by atoms with Crippen molar-refractivity contribution in [2.45, 2.75) is 19.7 Å². The first-order valence-corrected chi connectivity index (χ1v) is 7.60. The highest BCUT2D eigenvalue weighted by Gasteiger charge is 2.33. The van der Waals surface area contributed by atoms with Gasteiger partial charge in [0.2, 0.25) is 5.91 Å². The highest BCUT2D eigenvalue weighted by atomic mass is 32.1. The molecule has 128 valence electrons. The fraction of sp³-hybridized carbons (Fsp3) is 0.200. The zero-order valence-corrected chi connectivity index (χ0v) is 13.1. The van der Waals surface area contributed by atoms with Gasteiger partial charge in [0, 0.05) is 12.0 Å².